The van der Waals surface area contributed by atoms with Crippen LogP contribution in [-0.4, -0.2) is 65.4 Å². The Morgan fingerprint density at radius 2 is 1.79 bits per heavy atom. The minimum atomic E-state index is -0.595. The number of carbonyl (C=O) groups is 2. The lowest BCUT2D eigenvalue weighted by Crippen LogP contribution is -2.51. The fraction of sp³-hybridized carbons (Fsp3) is 0.562. The molecule has 7 nitrogen and oxygen atoms in total. The highest BCUT2D eigenvalue weighted by Crippen LogP contribution is 2.39. The van der Waals surface area contributed by atoms with Crippen molar-refractivity contribution in [3.8, 4) is 5.75 Å². The highest BCUT2D eigenvalue weighted by Gasteiger charge is 2.43. The van der Waals surface area contributed by atoms with Crippen LogP contribution in [0.15, 0.2) is 42.5 Å². The summed E-state index contributed by atoms with van der Waals surface area (Å²) in [6.45, 7) is 9.22. The molecule has 0 spiro atoms. The number of carbonyl (C=O) groups excluding carboxylic acids is 2. The Kier molecular flexibility index (Phi) is 9.21. The van der Waals surface area contributed by atoms with E-state index in [2.05, 4.69) is 30.3 Å². The molecule has 2 amide bonds. The average Bonchev–Trinajstić information content (AvgIpc) is 3.75. The third kappa shape index (κ3) is 7.33. The summed E-state index contributed by atoms with van der Waals surface area (Å²) in [6.07, 6.45) is 3.89. The van der Waals surface area contributed by atoms with Gasteiger partial charge in [0.1, 0.15) is 11.4 Å². The van der Waals surface area contributed by atoms with Gasteiger partial charge >= 0.3 is 6.09 Å². The molecule has 0 aromatic heterocycles. The number of hydrogen-bond acceptors (Lipinski definition) is 5. The van der Waals surface area contributed by atoms with Gasteiger partial charge in [0, 0.05) is 32.3 Å². The van der Waals surface area contributed by atoms with E-state index in [1.54, 1.807) is 12.0 Å². The number of aryl methyl sites for hydroxylation is 1. The van der Waals surface area contributed by atoms with E-state index in [0.29, 0.717) is 26.1 Å². The van der Waals surface area contributed by atoms with Crippen LogP contribution < -0.4 is 4.74 Å². The highest BCUT2D eigenvalue weighted by atomic mass is 16.6. The van der Waals surface area contributed by atoms with Crippen molar-refractivity contribution in [2.45, 2.75) is 83.9 Å². The van der Waals surface area contributed by atoms with E-state index >= 15 is 0 Å². The molecule has 1 saturated heterocycles. The first-order valence-corrected chi connectivity index (χ1v) is 14.2. The van der Waals surface area contributed by atoms with Crippen molar-refractivity contribution in [2.24, 2.45) is 5.92 Å². The predicted octanol–water partition coefficient (Wildman–Crippen LogP) is 5.46. The first kappa shape index (κ1) is 28.9. The molecule has 1 heterocycles. The number of aliphatic hydroxyl groups excluding tert-OH is 1. The van der Waals surface area contributed by atoms with Crippen LogP contribution in [-0.2, 0) is 22.5 Å². The van der Waals surface area contributed by atoms with Crippen molar-refractivity contribution < 1.29 is 24.2 Å². The van der Waals surface area contributed by atoms with Gasteiger partial charge in [-0.05, 0) is 94.0 Å². The summed E-state index contributed by atoms with van der Waals surface area (Å²) in [6, 6.07) is 14.7. The lowest BCUT2D eigenvalue weighted by atomic mass is 9.79. The Hall–Kier alpha value is -3.06. The third-order valence-corrected chi connectivity index (χ3v) is 7.84. The van der Waals surface area contributed by atoms with Crippen LogP contribution >= 0.6 is 0 Å². The van der Waals surface area contributed by atoms with E-state index < -0.39 is 5.60 Å². The molecule has 2 aromatic rings. The number of piperidine rings is 1. The molecule has 212 valence electrons. The fourth-order valence-electron chi connectivity index (χ4n) is 5.53. The van der Waals surface area contributed by atoms with Crippen molar-refractivity contribution in [1.82, 2.24) is 9.80 Å². The Morgan fingerprint density at radius 1 is 1.08 bits per heavy atom. The quantitative estimate of drug-likeness (QED) is 0.460. The second-order valence-electron chi connectivity index (χ2n) is 11.9. The second-order valence-corrected chi connectivity index (χ2v) is 11.9. The summed E-state index contributed by atoms with van der Waals surface area (Å²) in [4.78, 5) is 31.2. The van der Waals surface area contributed by atoms with Crippen molar-refractivity contribution in [1.29, 1.82) is 0 Å². The first-order chi connectivity index (χ1) is 18.6. The minimum Gasteiger partial charge on any atom is -0.496 e. The van der Waals surface area contributed by atoms with Crippen molar-refractivity contribution in [3.63, 3.8) is 0 Å². The van der Waals surface area contributed by atoms with E-state index in [0.717, 1.165) is 48.1 Å². The second kappa shape index (κ2) is 12.4. The van der Waals surface area contributed by atoms with Gasteiger partial charge < -0.3 is 24.4 Å². The first-order valence-electron chi connectivity index (χ1n) is 14.2. The third-order valence-electron chi connectivity index (χ3n) is 7.84. The topological polar surface area (TPSA) is 79.3 Å². The largest absolute Gasteiger partial charge is 0.496 e. The molecule has 1 saturated carbocycles. The van der Waals surface area contributed by atoms with Crippen LogP contribution in [0.1, 0.15) is 74.6 Å². The van der Waals surface area contributed by atoms with E-state index in [1.165, 1.54) is 5.56 Å². The monoisotopic (exact) mass is 536 g/mol. The van der Waals surface area contributed by atoms with Gasteiger partial charge in [0.25, 0.3) is 0 Å². The zero-order chi connectivity index (χ0) is 28.2. The van der Waals surface area contributed by atoms with E-state index in [-0.39, 0.29) is 36.5 Å². The van der Waals surface area contributed by atoms with Gasteiger partial charge in [0.2, 0.25) is 5.91 Å². The SMILES string of the molecule is COc1cccc(CN(C(=O)C2CN(C(=O)OC(C)(C)C)CCC2c2ccc(CCCO)cc2)C2CC2)c1C. The molecule has 2 aromatic carbocycles. The van der Waals surface area contributed by atoms with Gasteiger partial charge in [-0.1, -0.05) is 36.4 Å². The number of likely N-dealkylation sites (tertiary alicyclic amines) is 1. The molecule has 0 bridgehead atoms. The molecule has 0 radical (unpaired) electrons. The molecule has 2 unspecified atom stereocenters. The molecule has 4 rings (SSSR count). The summed E-state index contributed by atoms with van der Waals surface area (Å²) >= 11 is 0. The van der Waals surface area contributed by atoms with E-state index in [4.69, 9.17) is 9.47 Å². The number of aliphatic hydroxyl groups is 1. The lowest BCUT2D eigenvalue weighted by Gasteiger charge is -2.40. The normalized spacial score (nSPS) is 19.5. The Labute approximate surface area is 233 Å². The molecule has 1 aliphatic carbocycles. The van der Waals surface area contributed by atoms with Crippen molar-refractivity contribution in [3.05, 3.63) is 64.7 Å². The number of benzene rings is 2. The number of methoxy groups -OCH3 is 1. The maximum atomic E-state index is 14.4. The van der Waals surface area contributed by atoms with Gasteiger partial charge in [-0.2, -0.15) is 0 Å². The smallest absolute Gasteiger partial charge is 0.410 e. The lowest BCUT2D eigenvalue weighted by molar-refractivity contribution is -0.139. The minimum absolute atomic E-state index is 0.00994. The summed E-state index contributed by atoms with van der Waals surface area (Å²) in [5.74, 6) is 0.572. The number of hydrogen-bond donors (Lipinski definition) is 1. The average molecular weight is 537 g/mol. The van der Waals surface area contributed by atoms with Crippen LogP contribution in [0, 0.1) is 12.8 Å². The molecule has 1 aliphatic heterocycles. The molecule has 2 aliphatic rings. The zero-order valence-electron chi connectivity index (χ0n) is 24.1. The summed E-state index contributed by atoms with van der Waals surface area (Å²) < 4.78 is 11.2. The molecular formula is C32H44N2O5. The van der Waals surface area contributed by atoms with Gasteiger partial charge in [-0.25, -0.2) is 4.79 Å². The molecular weight excluding hydrogens is 492 g/mol. The van der Waals surface area contributed by atoms with E-state index in [9.17, 15) is 14.7 Å². The van der Waals surface area contributed by atoms with Gasteiger partial charge in [0.05, 0.1) is 13.0 Å². The Balaban J connectivity index is 1.61. The van der Waals surface area contributed by atoms with Crippen LogP contribution in [0.5, 0.6) is 5.75 Å². The van der Waals surface area contributed by atoms with Gasteiger partial charge in [0.15, 0.2) is 0 Å². The van der Waals surface area contributed by atoms with Crippen LogP contribution in [0.3, 0.4) is 0 Å². The Morgan fingerprint density at radius 3 is 2.41 bits per heavy atom. The van der Waals surface area contributed by atoms with Crippen molar-refractivity contribution in [2.75, 3.05) is 26.8 Å². The molecule has 2 fully saturated rings. The molecule has 39 heavy (non-hydrogen) atoms. The standard InChI is InChI=1S/C32H44N2O5/c1-22-25(9-6-10-29(22)38-5)20-34(26-15-16-26)30(36)28-21-33(31(37)39-32(2,3)4)18-17-27(28)24-13-11-23(12-14-24)8-7-19-35/h6,9-14,26-28,35H,7-8,15-21H2,1-5H3. The van der Waals surface area contributed by atoms with Gasteiger partial charge in [-0.15, -0.1) is 0 Å². The highest BCUT2D eigenvalue weighted by molar-refractivity contribution is 5.82. The fourth-order valence-corrected chi connectivity index (χ4v) is 5.53. The predicted molar refractivity (Wildman–Crippen MR) is 152 cm³/mol. The van der Waals surface area contributed by atoms with Crippen molar-refractivity contribution >= 4 is 12.0 Å². The summed E-state index contributed by atoms with van der Waals surface area (Å²) in [7, 11) is 1.67. The maximum absolute atomic E-state index is 14.4. The summed E-state index contributed by atoms with van der Waals surface area (Å²) in [5, 5.41) is 9.18. The maximum Gasteiger partial charge on any atom is 0.410 e. The number of nitrogens with zero attached hydrogens (tertiary/aromatic N) is 2. The molecule has 2 atom stereocenters. The van der Waals surface area contributed by atoms with Crippen LogP contribution in [0.2, 0.25) is 0 Å². The molecule has 7 heteroatoms. The van der Waals surface area contributed by atoms with E-state index in [1.807, 2.05) is 44.7 Å². The molecule has 1 N–H and O–H groups in total. The van der Waals surface area contributed by atoms with Crippen LogP contribution in [0.4, 0.5) is 4.79 Å². The number of amides is 2. The number of ether oxygens (including phenoxy) is 2. The Bertz CT molecular complexity index is 1140. The number of rotatable bonds is 9. The van der Waals surface area contributed by atoms with Crippen LogP contribution in [0.25, 0.3) is 0 Å². The summed E-state index contributed by atoms with van der Waals surface area (Å²) in [5.41, 5.74) is 3.84. The zero-order valence-corrected chi connectivity index (χ0v) is 24.1. The van der Waals surface area contributed by atoms with Gasteiger partial charge in [-0.3, -0.25) is 4.79 Å².